The Bertz CT molecular complexity index is 1400. The standard InChI is InChI=1S/C19H19N7O4S/c1-10(27)25-5-4-11-12(6-20)17(31-13(11)7-25)22-14(28)8-26-9-21-16-15(26)18(29)24(3)19(30)23(16)2/h9H,4-5,7-8H2,1-3H3,(H,22,28). The maximum absolute atomic E-state index is 12.7. The number of fused-ring (bicyclic) bond motifs is 2. The molecule has 31 heavy (non-hydrogen) atoms. The first-order valence-electron chi connectivity index (χ1n) is 9.43. The Labute approximate surface area is 179 Å². The summed E-state index contributed by atoms with van der Waals surface area (Å²) >= 11 is 1.28. The number of carbonyl (C=O) groups excluding carboxylic acids is 2. The minimum absolute atomic E-state index is 0.0360. The predicted molar refractivity (Wildman–Crippen MR) is 113 cm³/mol. The zero-order valence-electron chi connectivity index (χ0n) is 17.1. The van der Waals surface area contributed by atoms with E-state index in [1.54, 1.807) is 4.90 Å². The van der Waals surface area contributed by atoms with Crippen molar-refractivity contribution in [3.05, 3.63) is 43.2 Å². The monoisotopic (exact) mass is 441 g/mol. The molecule has 0 spiro atoms. The van der Waals surface area contributed by atoms with E-state index in [0.717, 1.165) is 15.0 Å². The van der Waals surface area contributed by atoms with Gasteiger partial charge in [-0.25, -0.2) is 9.78 Å². The van der Waals surface area contributed by atoms with Crippen molar-refractivity contribution in [3.63, 3.8) is 0 Å². The van der Waals surface area contributed by atoms with Crippen molar-refractivity contribution >= 4 is 39.3 Å². The van der Waals surface area contributed by atoms with Crippen molar-refractivity contribution in [2.24, 2.45) is 14.1 Å². The maximum Gasteiger partial charge on any atom is 0.332 e. The van der Waals surface area contributed by atoms with E-state index in [0.29, 0.717) is 30.1 Å². The van der Waals surface area contributed by atoms with Gasteiger partial charge in [0.25, 0.3) is 5.56 Å². The molecular formula is C19H19N7O4S. The molecule has 3 aromatic heterocycles. The van der Waals surface area contributed by atoms with Crippen LogP contribution >= 0.6 is 11.3 Å². The molecule has 0 unspecified atom stereocenters. The van der Waals surface area contributed by atoms with Crippen LogP contribution in [0.15, 0.2) is 15.9 Å². The van der Waals surface area contributed by atoms with Gasteiger partial charge < -0.3 is 14.8 Å². The van der Waals surface area contributed by atoms with Crippen molar-refractivity contribution < 1.29 is 9.59 Å². The molecule has 4 heterocycles. The molecule has 12 heteroatoms. The topological polar surface area (TPSA) is 135 Å². The van der Waals surface area contributed by atoms with Crippen LogP contribution in [0, 0.1) is 11.3 Å². The van der Waals surface area contributed by atoms with E-state index in [1.807, 2.05) is 0 Å². The number of imidazole rings is 1. The molecule has 1 N–H and O–H groups in total. The second-order valence-corrected chi connectivity index (χ2v) is 8.41. The Hall–Kier alpha value is -3.72. The largest absolute Gasteiger partial charge is 0.337 e. The van der Waals surface area contributed by atoms with E-state index in [-0.39, 0.29) is 23.6 Å². The number of aromatic nitrogens is 4. The Morgan fingerprint density at radius 3 is 2.71 bits per heavy atom. The molecule has 0 fully saturated rings. The summed E-state index contributed by atoms with van der Waals surface area (Å²) in [6.45, 7) is 2.24. The van der Waals surface area contributed by atoms with Gasteiger partial charge in [-0.05, 0) is 12.0 Å². The van der Waals surface area contributed by atoms with Crippen LogP contribution in [-0.2, 0) is 43.2 Å². The number of anilines is 1. The molecule has 0 aromatic carbocycles. The summed E-state index contributed by atoms with van der Waals surface area (Å²) in [5.74, 6) is -0.472. The van der Waals surface area contributed by atoms with Crippen molar-refractivity contribution in [1.82, 2.24) is 23.6 Å². The van der Waals surface area contributed by atoms with Crippen molar-refractivity contribution in [1.29, 1.82) is 5.26 Å². The highest BCUT2D eigenvalue weighted by Gasteiger charge is 2.26. The van der Waals surface area contributed by atoms with Gasteiger partial charge >= 0.3 is 5.69 Å². The van der Waals surface area contributed by atoms with Gasteiger partial charge in [0.15, 0.2) is 11.2 Å². The van der Waals surface area contributed by atoms with Crippen LogP contribution in [0.4, 0.5) is 5.00 Å². The first-order valence-corrected chi connectivity index (χ1v) is 10.3. The number of carbonyl (C=O) groups is 2. The van der Waals surface area contributed by atoms with E-state index >= 15 is 0 Å². The number of nitrogens with zero attached hydrogens (tertiary/aromatic N) is 6. The highest BCUT2D eigenvalue weighted by atomic mass is 32.1. The summed E-state index contributed by atoms with van der Waals surface area (Å²) in [5, 5.41) is 12.8. The van der Waals surface area contributed by atoms with Gasteiger partial charge in [-0.3, -0.25) is 23.5 Å². The van der Waals surface area contributed by atoms with E-state index in [4.69, 9.17) is 0 Å². The number of rotatable bonds is 3. The smallest absolute Gasteiger partial charge is 0.332 e. The second kappa shape index (κ2) is 7.51. The van der Waals surface area contributed by atoms with Crippen LogP contribution in [0.3, 0.4) is 0 Å². The Morgan fingerprint density at radius 1 is 1.29 bits per heavy atom. The molecule has 4 rings (SSSR count). The van der Waals surface area contributed by atoms with Gasteiger partial charge in [-0.2, -0.15) is 5.26 Å². The third kappa shape index (κ3) is 3.32. The average molecular weight is 441 g/mol. The van der Waals surface area contributed by atoms with E-state index in [2.05, 4.69) is 16.4 Å². The summed E-state index contributed by atoms with van der Waals surface area (Å²) in [7, 11) is 2.86. The molecule has 0 atom stereocenters. The van der Waals surface area contributed by atoms with Crippen molar-refractivity contribution in [2.45, 2.75) is 26.4 Å². The highest BCUT2D eigenvalue weighted by Crippen LogP contribution is 2.36. The number of aryl methyl sites for hydroxylation is 1. The Morgan fingerprint density at radius 2 is 2.03 bits per heavy atom. The molecule has 0 radical (unpaired) electrons. The SMILES string of the molecule is CC(=O)N1CCc2c(sc(NC(=O)Cn3cnc4c3c(=O)n(C)c(=O)n4C)c2C#N)C1. The number of thiophene rings is 1. The minimum Gasteiger partial charge on any atom is -0.337 e. The molecule has 11 nitrogen and oxygen atoms in total. The lowest BCUT2D eigenvalue weighted by Gasteiger charge is -2.25. The Balaban J connectivity index is 1.63. The first-order chi connectivity index (χ1) is 14.7. The fourth-order valence-corrected chi connectivity index (χ4v) is 4.95. The van der Waals surface area contributed by atoms with Gasteiger partial charge in [0.2, 0.25) is 11.8 Å². The summed E-state index contributed by atoms with van der Waals surface area (Å²) in [4.78, 5) is 55.6. The number of amides is 2. The fraction of sp³-hybridized carbons (Fsp3) is 0.368. The third-order valence-corrected chi connectivity index (χ3v) is 6.53. The number of nitrogens with one attached hydrogen (secondary N) is 1. The third-order valence-electron chi connectivity index (χ3n) is 5.40. The molecule has 0 bridgehead atoms. The van der Waals surface area contributed by atoms with E-state index in [9.17, 15) is 24.4 Å². The maximum atomic E-state index is 12.7. The molecular weight excluding hydrogens is 422 g/mol. The number of hydrogen-bond donors (Lipinski definition) is 1. The predicted octanol–water partition coefficient (Wildman–Crippen LogP) is -0.0898. The van der Waals surface area contributed by atoms with Gasteiger partial charge in [-0.1, -0.05) is 0 Å². The van der Waals surface area contributed by atoms with Gasteiger partial charge in [0, 0.05) is 32.4 Å². The summed E-state index contributed by atoms with van der Waals surface area (Å²) in [6, 6.07) is 2.15. The van der Waals surface area contributed by atoms with Crippen molar-refractivity contribution in [3.8, 4) is 6.07 Å². The second-order valence-electron chi connectivity index (χ2n) is 7.31. The molecule has 0 aliphatic carbocycles. The summed E-state index contributed by atoms with van der Waals surface area (Å²) in [6.07, 6.45) is 1.89. The lowest BCUT2D eigenvalue weighted by molar-refractivity contribution is -0.129. The normalized spacial score (nSPS) is 13.2. The number of nitriles is 1. The van der Waals surface area contributed by atoms with Crippen LogP contribution in [0.25, 0.3) is 11.2 Å². The van der Waals surface area contributed by atoms with E-state index < -0.39 is 17.2 Å². The fourth-order valence-electron chi connectivity index (χ4n) is 3.72. The van der Waals surface area contributed by atoms with Crippen molar-refractivity contribution in [2.75, 3.05) is 11.9 Å². The molecule has 0 saturated heterocycles. The quantitative estimate of drug-likeness (QED) is 0.604. The van der Waals surface area contributed by atoms with Crippen LogP contribution < -0.4 is 16.6 Å². The molecule has 1 aliphatic heterocycles. The molecule has 1 aliphatic rings. The van der Waals surface area contributed by atoms with Crippen LogP contribution in [0.5, 0.6) is 0 Å². The molecule has 2 amide bonds. The lowest BCUT2D eigenvalue weighted by Crippen LogP contribution is -2.37. The lowest BCUT2D eigenvalue weighted by atomic mass is 10.0. The zero-order chi connectivity index (χ0) is 22.4. The molecule has 160 valence electrons. The van der Waals surface area contributed by atoms with E-state index in [1.165, 1.54) is 47.8 Å². The molecule has 3 aromatic rings. The minimum atomic E-state index is -0.544. The van der Waals surface area contributed by atoms with Gasteiger partial charge in [0.1, 0.15) is 17.6 Å². The van der Waals surface area contributed by atoms with Crippen LogP contribution in [-0.4, -0.2) is 41.9 Å². The number of hydrogen-bond acceptors (Lipinski definition) is 7. The molecule has 0 saturated carbocycles. The van der Waals surface area contributed by atoms with Gasteiger partial charge in [-0.15, -0.1) is 11.3 Å². The highest BCUT2D eigenvalue weighted by molar-refractivity contribution is 7.16. The first kappa shape index (κ1) is 20.5. The Kier molecular flexibility index (Phi) is 4.98. The van der Waals surface area contributed by atoms with Gasteiger partial charge in [0.05, 0.1) is 18.4 Å². The van der Waals surface area contributed by atoms with Crippen LogP contribution in [0.1, 0.15) is 22.9 Å². The average Bonchev–Trinajstić information content (AvgIpc) is 3.30. The van der Waals surface area contributed by atoms with Crippen LogP contribution in [0.2, 0.25) is 0 Å². The summed E-state index contributed by atoms with van der Waals surface area (Å²) < 4.78 is 3.58. The zero-order valence-corrected chi connectivity index (χ0v) is 17.9. The summed E-state index contributed by atoms with van der Waals surface area (Å²) in [5.41, 5.74) is 0.548.